The van der Waals surface area contributed by atoms with Crippen LogP contribution in [0.4, 0.5) is 0 Å². The lowest BCUT2D eigenvalue weighted by Crippen LogP contribution is -1.96. The third kappa shape index (κ3) is 20.7. The van der Waals surface area contributed by atoms with Crippen LogP contribution in [0.2, 0.25) is 0 Å². The second-order valence-corrected chi connectivity index (χ2v) is 6.22. The lowest BCUT2D eigenvalue weighted by Gasteiger charge is -1.97. The largest absolute Gasteiger partial charge is 0.393 e. The molecule has 1 N–H and O–H groups in total. The van der Waals surface area contributed by atoms with E-state index in [-0.39, 0.29) is 6.10 Å². The van der Waals surface area contributed by atoms with Crippen molar-refractivity contribution in [2.24, 2.45) is 0 Å². The first-order chi connectivity index (χ1) is 11.8. The van der Waals surface area contributed by atoms with Gasteiger partial charge in [-0.25, -0.2) is 0 Å². The van der Waals surface area contributed by atoms with Gasteiger partial charge in [0.1, 0.15) is 0 Å². The third-order valence-corrected chi connectivity index (χ3v) is 3.65. The van der Waals surface area contributed by atoms with Crippen LogP contribution in [0.3, 0.4) is 0 Å². The van der Waals surface area contributed by atoms with Crippen LogP contribution >= 0.6 is 0 Å². The highest BCUT2D eigenvalue weighted by Crippen LogP contribution is 2.01. The Hall–Kier alpha value is -1.34. The summed E-state index contributed by atoms with van der Waals surface area (Å²) in [5.41, 5.74) is 0. The molecule has 0 aromatic heterocycles. The Kier molecular flexibility index (Phi) is 18.6. The lowest BCUT2D eigenvalue weighted by atomic mass is 10.2. The monoisotopic (exact) mass is 330 g/mol. The molecule has 24 heavy (non-hydrogen) atoms. The summed E-state index contributed by atoms with van der Waals surface area (Å²) >= 11 is 0. The molecule has 136 valence electrons. The van der Waals surface area contributed by atoms with Crippen molar-refractivity contribution >= 4 is 0 Å². The standard InChI is InChI=1S/C23H38O/c1-3-4-5-6-7-8-9-10-11-12-13-14-15-16-17-18-19-20-21-22-23(2)24/h7-8,10-11,13-14,16-17,19-20,23-24H,3-6,9,12,15,18,21-22H2,1-2H3/b8-7-,11-10-,14-13-,17-16-,20-19-. The van der Waals surface area contributed by atoms with E-state index < -0.39 is 0 Å². The average molecular weight is 331 g/mol. The number of aliphatic hydroxyl groups is 1. The van der Waals surface area contributed by atoms with E-state index in [0.717, 1.165) is 38.5 Å². The molecule has 0 amide bonds. The van der Waals surface area contributed by atoms with Crippen molar-refractivity contribution in [1.82, 2.24) is 0 Å². The Balaban J connectivity index is 3.45. The van der Waals surface area contributed by atoms with Gasteiger partial charge in [0.2, 0.25) is 0 Å². The molecule has 0 heterocycles. The van der Waals surface area contributed by atoms with Gasteiger partial charge in [0.25, 0.3) is 0 Å². The molecule has 0 aliphatic heterocycles. The van der Waals surface area contributed by atoms with E-state index in [1.807, 2.05) is 6.92 Å². The quantitative estimate of drug-likeness (QED) is 0.251. The normalized spacial score (nSPS) is 14.3. The summed E-state index contributed by atoms with van der Waals surface area (Å²) < 4.78 is 0. The van der Waals surface area contributed by atoms with Gasteiger partial charge in [-0.2, -0.15) is 0 Å². The van der Waals surface area contributed by atoms with E-state index in [1.165, 1.54) is 25.7 Å². The minimum atomic E-state index is -0.189. The summed E-state index contributed by atoms with van der Waals surface area (Å²) in [6, 6.07) is 0. The minimum Gasteiger partial charge on any atom is -0.393 e. The van der Waals surface area contributed by atoms with Gasteiger partial charge < -0.3 is 5.11 Å². The highest BCUT2D eigenvalue weighted by Gasteiger charge is 1.90. The molecule has 0 aliphatic rings. The fourth-order valence-electron chi connectivity index (χ4n) is 2.17. The topological polar surface area (TPSA) is 20.2 Å². The summed E-state index contributed by atoms with van der Waals surface area (Å²) in [5.74, 6) is 0. The van der Waals surface area contributed by atoms with Crippen molar-refractivity contribution in [3.8, 4) is 0 Å². The zero-order chi connectivity index (χ0) is 17.7. The van der Waals surface area contributed by atoms with Crippen molar-refractivity contribution in [2.75, 3.05) is 0 Å². The van der Waals surface area contributed by atoms with Crippen LogP contribution in [0.5, 0.6) is 0 Å². The number of aliphatic hydroxyl groups excluding tert-OH is 1. The molecule has 1 unspecified atom stereocenters. The maximum Gasteiger partial charge on any atom is 0.0515 e. The Morgan fingerprint density at radius 1 is 0.625 bits per heavy atom. The van der Waals surface area contributed by atoms with E-state index >= 15 is 0 Å². The average Bonchev–Trinajstić information content (AvgIpc) is 2.56. The highest BCUT2D eigenvalue weighted by atomic mass is 16.3. The highest BCUT2D eigenvalue weighted by molar-refractivity contribution is 5.00. The summed E-state index contributed by atoms with van der Waals surface area (Å²) in [4.78, 5) is 0. The van der Waals surface area contributed by atoms with Crippen LogP contribution in [0.15, 0.2) is 60.8 Å². The Labute approximate surface area is 150 Å². The Bertz CT molecular complexity index is 383. The zero-order valence-corrected chi connectivity index (χ0v) is 15.9. The van der Waals surface area contributed by atoms with Gasteiger partial charge in [-0.3, -0.25) is 0 Å². The zero-order valence-electron chi connectivity index (χ0n) is 15.9. The summed E-state index contributed by atoms with van der Waals surface area (Å²) in [5, 5.41) is 9.13. The van der Waals surface area contributed by atoms with Crippen molar-refractivity contribution in [2.45, 2.75) is 84.2 Å². The first-order valence-corrected chi connectivity index (χ1v) is 9.70. The van der Waals surface area contributed by atoms with Crippen LogP contribution < -0.4 is 0 Å². The molecule has 0 fully saturated rings. The third-order valence-electron chi connectivity index (χ3n) is 3.65. The fraction of sp³-hybridized carbons (Fsp3) is 0.565. The molecule has 1 nitrogen and oxygen atoms in total. The molecule has 0 radical (unpaired) electrons. The van der Waals surface area contributed by atoms with Gasteiger partial charge in [0.15, 0.2) is 0 Å². The first kappa shape index (κ1) is 22.7. The van der Waals surface area contributed by atoms with Gasteiger partial charge in [0, 0.05) is 0 Å². The second kappa shape index (κ2) is 19.7. The predicted octanol–water partition coefficient (Wildman–Crippen LogP) is 7.07. The molecule has 0 saturated heterocycles. The van der Waals surface area contributed by atoms with Gasteiger partial charge >= 0.3 is 0 Å². The fourth-order valence-corrected chi connectivity index (χ4v) is 2.17. The number of hydrogen-bond acceptors (Lipinski definition) is 1. The van der Waals surface area contributed by atoms with Gasteiger partial charge in [-0.05, 0) is 58.3 Å². The number of hydrogen-bond donors (Lipinski definition) is 1. The van der Waals surface area contributed by atoms with Crippen LogP contribution in [-0.2, 0) is 0 Å². The molecule has 0 bridgehead atoms. The van der Waals surface area contributed by atoms with Gasteiger partial charge in [0.05, 0.1) is 6.10 Å². The van der Waals surface area contributed by atoms with Crippen molar-refractivity contribution < 1.29 is 5.11 Å². The number of rotatable bonds is 15. The molecule has 0 spiro atoms. The van der Waals surface area contributed by atoms with Crippen LogP contribution in [0.1, 0.15) is 78.1 Å². The molecular weight excluding hydrogens is 292 g/mol. The van der Waals surface area contributed by atoms with Crippen molar-refractivity contribution in [3.05, 3.63) is 60.8 Å². The first-order valence-electron chi connectivity index (χ1n) is 9.70. The van der Waals surface area contributed by atoms with Crippen LogP contribution in [-0.4, -0.2) is 11.2 Å². The Morgan fingerprint density at radius 2 is 1.04 bits per heavy atom. The SMILES string of the molecule is CCCCC/C=C\C/C=C\C/C=C\C/C=C\C/C=C\CCC(C)O. The van der Waals surface area contributed by atoms with E-state index in [9.17, 15) is 0 Å². The van der Waals surface area contributed by atoms with Crippen molar-refractivity contribution in [1.29, 1.82) is 0 Å². The van der Waals surface area contributed by atoms with E-state index in [1.54, 1.807) is 0 Å². The molecule has 0 aliphatic carbocycles. The summed E-state index contributed by atoms with van der Waals surface area (Å²) in [6.45, 7) is 4.08. The molecule has 0 saturated carbocycles. The van der Waals surface area contributed by atoms with E-state index in [2.05, 4.69) is 67.7 Å². The number of allylic oxidation sites excluding steroid dienone is 10. The maximum absolute atomic E-state index is 9.13. The molecule has 1 atom stereocenters. The van der Waals surface area contributed by atoms with Gasteiger partial charge in [-0.15, -0.1) is 0 Å². The molecule has 0 aromatic rings. The van der Waals surface area contributed by atoms with Crippen LogP contribution in [0, 0.1) is 0 Å². The molecule has 0 rings (SSSR count). The summed E-state index contributed by atoms with van der Waals surface area (Å²) in [6.07, 6.45) is 33.1. The molecule has 0 aromatic carbocycles. The van der Waals surface area contributed by atoms with Gasteiger partial charge in [-0.1, -0.05) is 80.5 Å². The van der Waals surface area contributed by atoms with E-state index in [4.69, 9.17) is 5.11 Å². The number of unbranched alkanes of at least 4 members (excludes halogenated alkanes) is 3. The Morgan fingerprint density at radius 3 is 1.46 bits per heavy atom. The minimum absolute atomic E-state index is 0.189. The predicted molar refractivity (Wildman–Crippen MR) is 109 cm³/mol. The van der Waals surface area contributed by atoms with E-state index in [0.29, 0.717) is 0 Å². The molecular formula is C23H38O. The smallest absolute Gasteiger partial charge is 0.0515 e. The molecule has 1 heteroatoms. The maximum atomic E-state index is 9.13. The second-order valence-electron chi connectivity index (χ2n) is 6.22. The summed E-state index contributed by atoms with van der Waals surface area (Å²) in [7, 11) is 0. The van der Waals surface area contributed by atoms with Crippen molar-refractivity contribution in [3.63, 3.8) is 0 Å². The lowest BCUT2D eigenvalue weighted by molar-refractivity contribution is 0.186. The van der Waals surface area contributed by atoms with Crippen LogP contribution in [0.25, 0.3) is 0 Å².